The van der Waals surface area contributed by atoms with Crippen LogP contribution in [0.25, 0.3) is 6.08 Å². The summed E-state index contributed by atoms with van der Waals surface area (Å²) >= 11 is 0. The van der Waals surface area contributed by atoms with E-state index in [1.165, 1.54) is 28.8 Å². The molecule has 136 valence electrons. The van der Waals surface area contributed by atoms with E-state index in [1.807, 2.05) is 7.05 Å². The lowest BCUT2D eigenvalue weighted by Crippen LogP contribution is -2.55. The zero-order valence-corrected chi connectivity index (χ0v) is 15.4. The molecule has 0 N–H and O–H groups in total. The van der Waals surface area contributed by atoms with Crippen LogP contribution in [-0.4, -0.2) is 12.6 Å². The normalized spacial score (nSPS) is 23.3. The molecule has 0 saturated heterocycles. The van der Waals surface area contributed by atoms with Crippen LogP contribution >= 0.6 is 0 Å². The second-order valence-corrected chi connectivity index (χ2v) is 8.05. The molecule has 1 unspecified atom stereocenters. The van der Waals surface area contributed by atoms with Gasteiger partial charge in [-0.1, -0.05) is 49.8 Å². The van der Waals surface area contributed by atoms with Crippen molar-refractivity contribution in [2.24, 2.45) is 0 Å². The van der Waals surface area contributed by atoms with Crippen LogP contribution in [0, 0.1) is 6.92 Å². The summed E-state index contributed by atoms with van der Waals surface area (Å²) < 4.78 is 39.7. The second-order valence-electron chi connectivity index (χ2n) is 8.05. The van der Waals surface area contributed by atoms with Crippen molar-refractivity contribution in [1.82, 2.24) is 0 Å². The lowest BCUT2D eigenvalue weighted by molar-refractivity contribution is -0.137. The van der Waals surface area contributed by atoms with Gasteiger partial charge in [-0.05, 0) is 41.8 Å². The summed E-state index contributed by atoms with van der Waals surface area (Å²) in [6.07, 6.45) is 0.757. The Kier molecular flexibility index (Phi) is 3.41. The molecule has 2 aromatic rings. The number of likely N-dealkylation sites (N-methyl/N-ethyl adjacent to an activating group) is 1. The van der Waals surface area contributed by atoms with Crippen molar-refractivity contribution >= 4 is 11.8 Å². The van der Waals surface area contributed by atoms with Crippen LogP contribution in [0.15, 0.2) is 42.5 Å². The number of anilines is 1. The monoisotopic (exact) mass is 357 g/mol. The van der Waals surface area contributed by atoms with E-state index in [0.29, 0.717) is 0 Å². The lowest BCUT2D eigenvalue weighted by atomic mass is 9.65. The van der Waals surface area contributed by atoms with E-state index in [1.54, 1.807) is 6.07 Å². The fourth-order valence-corrected chi connectivity index (χ4v) is 4.64. The first kappa shape index (κ1) is 17.2. The molecule has 26 heavy (non-hydrogen) atoms. The van der Waals surface area contributed by atoms with Crippen LogP contribution in [-0.2, 0) is 18.0 Å². The summed E-state index contributed by atoms with van der Waals surface area (Å²) in [5.41, 5.74) is 3.89. The van der Waals surface area contributed by atoms with Gasteiger partial charge >= 0.3 is 6.18 Å². The second kappa shape index (κ2) is 5.15. The van der Waals surface area contributed by atoms with Gasteiger partial charge in [-0.25, -0.2) is 0 Å². The standard InChI is InChI=1S/C22H22F3N/c1-14-5-6-16-13-21(10-9-15(16)11-14)20(2,3)18-12-17(22(23,24)25)7-8-19(18)26(21)4/h5-12H,13H2,1-4H3. The number of benzene rings is 2. The number of alkyl halides is 3. The molecule has 0 fully saturated rings. The van der Waals surface area contributed by atoms with Crippen molar-refractivity contribution in [3.8, 4) is 0 Å². The van der Waals surface area contributed by atoms with Gasteiger partial charge in [-0.2, -0.15) is 13.2 Å². The van der Waals surface area contributed by atoms with Gasteiger partial charge in [-0.3, -0.25) is 0 Å². The summed E-state index contributed by atoms with van der Waals surface area (Å²) in [7, 11) is 1.99. The predicted octanol–water partition coefficient (Wildman–Crippen LogP) is 5.75. The number of aryl methyl sites for hydroxylation is 1. The van der Waals surface area contributed by atoms with E-state index in [4.69, 9.17) is 0 Å². The minimum Gasteiger partial charge on any atom is -0.364 e. The van der Waals surface area contributed by atoms with Crippen molar-refractivity contribution < 1.29 is 13.2 Å². The highest BCUT2D eigenvalue weighted by Gasteiger charge is 2.55. The van der Waals surface area contributed by atoms with Crippen LogP contribution in [0.3, 0.4) is 0 Å². The minimum atomic E-state index is -4.33. The molecule has 1 heterocycles. The molecule has 1 atom stereocenters. The molecule has 0 amide bonds. The summed E-state index contributed by atoms with van der Waals surface area (Å²) in [4.78, 5) is 2.15. The highest BCUT2D eigenvalue weighted by atomic mass is 19.4. The van der Waals surface area contributed by atoms with Gasteiger partial charge in [0.15, 0.2) is 0 Å². The van der Waals surface area contributed by atoms with E-state index in [0.717, 1.165) is 17.7 Å². The van der Waals surface area contributed by atoms with Crippen molar-refractivity contribution in [1.29, 1.82) is 0 Å². The van der Waals surface area contributed by atoms with Gasteiger partial charge in [0.05, 0.1) is 11.1 Å². The molecule has 4 heteroatoms. The van der Waals surface area contributed by atoms with Crippen molar-refractivity contribution in [3.63, 3.8) is 0 Å². The quantitative estimate of drug-likeness (QED) is 0.580. The Morgan fingerprint density at radius 3 is 2.46 bits per heavy atom. The van der Waals surface area contributed by atoms with Gasteiger partial charge in [0.25, 0.3) is 0 Å². The third kappa shape index (κ3) is 2.17. The molecule has 2 aliphatic rings. The summed E-state index contributed by atoms with van der Waals surface area (Å²) in [6.45, 7) is 6.18. The van der Waals surface area contributed by atoms with E-state index in [9.17, 15) is 13.2 Å². The van der Waals surface area contributed by atoms with Crippen molar-refractivity contribution in [2.45, 2.75) is 44.3 Å². The third-order valence-corrected chi connectivity index (χ3v) is 6.34. The van der Waals surface area contributed by atoms with Crippen LogP contribution in [0.2, 0.25) is 0 Å². The summed E-state index contributed by atoms with van der Waals surface area (Å²) in [5.74, 6) is 0. The number of hydrogen-bond acceptors (Lipinski definition) is 1. The van der Waals surface area contributed by atoms with Crippen LogP contribution in [0.1, 0.15) is 41.7 Å². The molecule has 0 saturated carbocycles. The summed E-state index contributed by atoms with van der Waals surface area (Å²) in [5, 5.41) is 0. The van der Waals surface area contributed by atoms with E-state index in [2.05, 4.69) is 56.0 Å². The first-order valence-electron chi connectivity index (χ1n) is 8.81. The maximum absolute atomic E-state index is 13.2. The Hall–Kier alpha value is -2.23. The maximum Gasteiger partial charge on any atom is 0.416 e. The zero-order valence-electron chi connectivity index (χ0n) is 15.4. The maximum atomic E-state index is 13.2. The average molecular weight is 357 g/mol. The fourth-order valence-electron chi connectivity index (χ4n) is 4.64. The predicted molar refractivity (Wildman–Crippen MR) is 99.5 cm³/mol. The SMILES string of the molecule is Cc1ccc2c(c1)C=CC1(C2)N(C)c2ccc(C(F)(F)F)cc2C1(C)C. The third-order valence-electron chi connectivity index (χ3n) is 6.34. The first-order chi connectivity index (χ1) is 12.1. The molecular formula is C22H22F3N. The molecule has 1 spiro atoms. The number of nitrogens with zero attached hydrogens (tertiary/aromatic N) is 1. The molecule has 1 nitrogen and oxygen atoms in total. The van der Waals surface area contributed by atoms with Gasteiger partial charge in [0, 0.05) is 24.6 Å². The molecule has 4 rings (SSSR count). The fraction of sp³-hybridized carbons (Fsp3) is 0.364. The number of fused-ring (bicyclic) bond motifs is 2. The highest BCUT2D eigenvalue weighted by molar-refractivity contribution is 5.73. The molecule has 2 aromatic carbocycles. The molecule has 1 aliphatic carbocycles. The molecule has 1 aliphatic heterocycles. The Morgan fingerprint density at radius 1 is 1.04 bits per heavy atom. The number of rotatable bonds is 0. The smallest absolute Gasteiger partial charge is 0.364 e. The zero-order chi connectivity index (χ0) is 18.9. The van der Waals surface area contributed by atoms with Crippen molar-refractivity contribution in [3.05, 3.63) is 70.3 Å². The van der Waals surface area contributed by atoms with E-state index < -0.39 is 17.2 Å². The van der Waals surface area contributed by atoms with Crippen LogP contribution in [0.4, 0.5) is 18.9 Å². The molecule has 0 radical (unpaired) electrons. The molecular weight excluding hydrogens is 335 g/mol. The largest absolute Gasteiger partial charge is 0.416 e. The molecule has 0 aromatic heterocycles. The Bertz CT molecular complexity index is 923. The number of halogens is 3. The summed E-state index contributed by atoms with van der Waals surface area (Å²) in [6, 6.07) is 10.5. The Morgan fingerprint density at radius 2 is 1.77 bits per heavy atom. The number of hydrogen-bond donors (Lipinski definition) is 0. The Labute approximate surface area is 152 Å². The first-order valence-corrected chi connectivity index (χ1v) is 8.81. The van der Waals surface area contributed by atoms with E-state index in [-0.39, 0.29) is 5.54 Å². The van der Waals surface area contributed by atoms with Gasteiger partial charge in [-0.15, -0.1) is 0 Å². The minimum absolute atomic E-state index is 0.373. The molecule has 0 bridgehead atoms. The van der Waals surface area contributed by atoms with Crippen molar-refractivity contribution in [2.75, 3.05) is 11.9 Å². The topological polar surface area (TPSA) is 3.24 Å². The van der Waals surface area contributed by atoms with Gasteiger partial charge in [0.1, 0.15) is 0 Å². The average Bonchev–Trinajstić information content (AvgIpc) is 2.73. The lowest BCUT2D eigenvalue weighted by Gasteiger charge is -2.46. The van der Waals surface area contributed by atoms with Gasteiger partial charge < -0.3 is 4.90 Å². The Balaban J connectivity index is 1.86. The van der Waals surface area contributed by atoms with E-state index >= 15 is 0 Å². The highest BCUT2D eigenvalue weighted by Crippen LogP contribution is 2.55. The van der Waals surface area contributed by atoms with Gasteiger partial charge in [0.2, 0.25) is 0 Å². The van der Waals surface area contributed by atoms with Crippen LogP contribution in [0.5, 0.6) is 0 Å². The van der Waals surface area contributed by atoms with Crippen LogP contribution < -0.4 is 4.90 Å².